The molecule has 2 heterocycles. The van der Waals surface area contributed by atoms with Crippen molar-refractivity contribution in [1.82, 2.24) is 0 Å². The lowest BCUT2D eigenvalue weighted by molar-refractivity contribution is 0.00977. The maximum Gasteiger partial charge on any atom is 0.108 e. The van der Waals surface area contributed by atoms with E-state index >= 15 is 0 Å². The first-order valence-corrected chi connectivity index (χ1v) is 17.5. The second-order valence-electron chi connectivity index (χ2n) is 11.2. The molecule has 0 bridgehead atoms. The number of rotatable bonds is 23. The zero-order valence-electron chi connectivity index (χ0n) is 23.2. The highest BCUT2D eigenvalue weighted by molar-refractivity contribution is 7.96. The largest absolute Gasteiger partial charge is 0.378 e. The van der Waals surface area contributed by atoms with Gasteiger partial charge in [-0.1, -0.05) is 77.6 Å². The molecule has 0 spiro atoms. The topological polar surface area (TPSA) is 18.5 Å². The van der Waals surface area contributed by atoms with Gasteiger partial charge in [0.1, 0.15) is 17.3 Å². The van der Waals surface area contributed by atoms with Gasteiger partial charge in [0.2, 0.25) is 0 Å². The summed E-state index contributed by atoms with van der Waals surface area (Å²) in [6, 6.07) is 0. The Labute approximate surface area is 217 Å². The van der Waals surface area contributed by atoms with E-state index in [1.807, 2.05) is 0 Å². The zero-order chi connectivity index (χ0) is 23.9. The van der Waals surface area contributed by atoms with Gasteiger partial charge in [-0.15, -0.1) is 0 Å². The summed E-state index contributed by atoms with van der Waals surface area (Å²) in [5.74, 6) is 4.53. The number of hydrogen-bond donors (Lipinski definition) is 0. The first-order chi connectivity index (χ1) is 16.9. The van der Waals surface area contributed by atoms with Gasteiger partial charge >= 0.3 is 0 Å². The van der Waals surface area contributed by atoms with Gasteiger partial charge in [-0.2, -0.15) is 0 Å². The smallest absolute Gasteiger partial charge is 0.108 e. The Hall–Kier alpha value is 0.270. The summed E-state index contributed by atoms with van der Waals surface area (Å²) < 4.78 is 11.6. The number of hydrogen-bond acceptors (Lipinski definition) is 2. The summed E-state index contributed by atoms with van der Waals surface area (Å²) in [6.07, 6.45) is 33.6. The minimum Gasteiger partial charge on any atom is -0.378 e. The normalized spacial score (nSPS) is 21.8. The fourth-order valence-electron chi connectivity index (χ4n) is 5.69. The van der Waals surface area contributed by atoms with E-state index in [1.165, 1.54) is 165 Å². The molecule has 3 heteroatoms. The van der Waals surface area contributed by atoms with Crippen LogP contribution in [0.3, 0.4) is 0 Å². The Kier molecular flexibility index (Phi) is 20.1. The molecule has 2 aliphatic heterocycles. The van der Waals surface area contributed by atoms with Crippen molar-refractivity contribution >= 4 is 10.9 Å². The van der Waals surface area contributed by atoms with Crippen LogP contribution in [0.5, 0.6) is 0 Å². The molecule has 0 saturated carbocycles. The third kappa shape index (κ3) is 16.9. The van der Waals surface area contributed by atoms with Crippen LogP contribution in [0.15, 0.2) is 0 Å². The van der Waals surface area contributed by atoms with E-state index in [0.29, 0.717) is 23.1 Å². The van der Waals surface area contributed by atoms with Gasteiger partial charge in [-0.05, 0) is 87.9 Å². The molecule has 0 N–H and O–H groups in total. The number of unbranched alkanes of at least 4 members (excludes halogenated alkanes) is 13. The second kappa shape index (κ2) is 22.5. The average Bonchev–Trinajstić information content (AvgIpc) is 3.39. The van der Waals surface area contributed by atoms with E-state index in [-0.39, 0.29) is 0 Å². The molecule has 3 unspecified atom stereocenters. The third-order valence-electron chi connectivity index (χ3n) is 8.00. The molecule has 2 aliphatic rings. The molecule has 2 saturated heterocycles. The van der Waals surface area contributed by atoms with Crippen molar-refractivity contribution in [3.8, 4) is 0 Å². The van der Waals surface area contributed by atoms with Crippen LogP contribution in [-0.4, -0.2) is 42.7 Å². The Bertz CT molecular complexity index is 418. The summed E-state index contributed by atoms with van der Waals surface area (Å²) in [5.41, 5.74) is 0. The first-order valence-electron chi connectivity index (χ1n) is 15.8. The highest BCUT2D eigenvalue weighted by Gasteiger charge is 2.19. The summed E-state index contributed by atoms with van der Waals surface area (Å²) in [6.45, 7) is 4.39. The second-order valence-corrected chi connectivity index (χ2v) is 13.7. The minimum absolute atomic E-state index is 0.596. The fourth-order valence-corrected chi connectivity index (χ4v) is 8.22. The number of ether oxygens (including phenoxy) is 2. The molecular formula is C31H61O2S+. The van der Waals surface area contributed by atoms with Crippen LogP contribution >= 0.6 is 0 Å². The van der Waals surface area contributed by atoms with Gasteiger partial charge in [0.25, 0.3) is 0 Å². The van der Waals surface area contributed by atoms with Crippen LogP contribution in [0.4, 0.5) is 0 Å². The first kappa shape index (κ1) is 30.5. The highest BCUT2D eigenvalue weighted by atomic mass is 32.2. The molecular weight excluding hydrogens is 436 g/mol. The molecule has 0 aromatic heterocycles. The summed E-state index contributed by atoms with van der Waals surface area (Å²) in [4.78, 5) is 0. The molecule has 0 amide bonds. The van der Waals surface area contributed by atoms with E-state index in [0.717, 1.165) is 13.2 Å². The maximum atomic E-state index is 5.84. The van der Waals surface area contributed by atoms with Gasteiger partial charge < -0.3 is 9.47 Å². The molecule has 0 aromatic carbocycles. The zero-order valence-corrected chi connectivity index (χ0v) is 24.0. The fraction of sp³-hybridized carbons (Fsp3) is 1.00. The summed E-state index contributed by atoms with van der Waals surface area (Å²) in [5, 5.41) is 0. The van der Waals surface area contributed by atoms with Gasteiger partial charge in [0, 0.05) is 13.2 Å². The van der Waals surface area contributed by atoms with Gasteiger partial charge in [0.05, 0.1) is 12.2 Å². The van der Waals surface area contributed by atoms with Crippen LogP contribution in [-0.2, 0) is 20.4 Å². The Morgan fingerprint density at radius 2 is 0.941 bits per heavy atom. The highest BCUT2D eigenvalue weighted by Crippen LogP contribution is 2.20. The van der Waals surface area contributed by atoms with Gasteiger partial charge in [0.15, 0.2) is 0 Å². The Morgan fingerprint density at radius 1 is 0.500 bits per heavy atom. The Balaban J connectivity index is 1.31. The van der Waals surface area contributed by atoms with Crippen LogP contribution < -0.4 is 0 Å². The molecule has 0 radical (unpaired) electrons. The lowest BCUT2D eigenvalue weighted by atomic mass is 10.0. The third-order valence-corrected chi connectivity index (χ3v) is 10.6. The minimum atomic E-state index is 0.596. The molecule has 2 fully saturated rings. The molecule has 0 aromatic rings. The van der Waals surface area contributed by atoms with Crippen molar-refractivity contribution in [2.24, 2.45) is 0 Å². The van der Waals surface area contributed by atoms with Crippen molar-refractivity contribution < 1.29 is 9.47 Å². The van der Waals surface area contributed by atoms with Crippen LogP contribution in [0, 0.1) is 0 Å². The monoisotopic (exact) mass is 497 g/mol. The van der Waals surface area contributed by atoms with Crippen LogP contribution in [0.25, 0.3) is 0 Å². The molecule has 34 heavy (non-hydrogen) atoms. The van der Waals surface area contributed by atoms with Crippen molar-refractivity contribution in [3.05, 3.63) is 0 Å². The maximum absolute atomic E-state index is 5.84. The lowest BCUT2D eigenvalue weighted by Crippen LogP contribution is -2.18. The summed E-state index contributed by atoms with van der Waals surface area (Å²) >= 11 is 0. The average molecular weight is 498 g/mol. The Morgan fingerprint density at radius 3 is 1.44 bits per heavy atom. The molecule has 2 rings (SSSR count). The van der Waals surface area contributed by atoms with E-state index < -0.39 is 0 Å². The van der Waals surface area contributed by atoms with Crippen molar-refractivity contribution in [2.45, 2.75) is 167 Å². The standard InChI is InChI=1S/C31H61O2S/c1-2-3-27-34(29-19-16-23-31-24-20-26-33-31)28-18-13-11-9-7-5-4-6-8-10-12-14-21-30-22-15-17-25-32-30/h30-31H,2-29H2,1H3/q+1. The van der Waals surface area contributed by atoms with E-state index in [2.05, 4.69) is 6.92 Å². The summed E-state index contributed by atoms with van der Waals surface area (Å²) in [7, 11) is 0.708. The van der Waals surface area contributed by atoms with Crippen LogP contribution in [0.1, 0.15) is 155 Å². The predicted octanol–water partition coefficient (Wildman–Crippen LogP) is 9.39. The van der Waals surface area contributed by atoms with E-state index in [9.17, 15) is 0 Å². The quantitative estimate of drug-likeness (QED) is 0.103. The molecule has 202 valence electrons. The van der Waals surface area contributed by atoms with Crippen molar-refractivity contribution in [2.75, 3.05) is 30.5 Å². The lowest BCUT2D eigenvalue weighted by Gasteiger charge is -2.22. The molecule has 2 nitrogen and oxygen atoms in total. The van der Waals surface area contributed by atoms with E-state index in [1.54, 1.807) is 0 Å². The van der Waals surface area contributed by atoms with E-state index in [4.69, 9.17) is 9.47 Å². The predicted molar refractivity (Wildman–Crippen MR) is 153 cm³/mol. The molecule has 0 aliphatic carbocycles. The molecule has 3 atom stereocenters. The van der Waals surface area contributed by atoms with Crippen LogP contribution in [0.2, 0.25) is 0 Å². The van der Waals surface area contributed by atoms with Crippen molar-refractivity contribution in [3.63, 3.8) is 0 Å². The SMILES string of the molecule is CCCC[S+](CCCCCCCCCCCCCCC1CCCCO1)CCCCC1CCCO1. The van der Waals surface area contributed by atoms with Gasteiger partial charge in [-0.25, -0.2) is 0 Å². The van der Waals surface area contributed by atoms with Crippen molar-refractivity contribution in [1.29, 1.82) is 0 Å². The van der Waals surface area contributed by atoms with Gasteiger partial charge in [-0.3, -0.25) is 0 Å².